The van der Waals surface area contributed by atoms with Gasteiger partial charge in [0, 0.05) is 33.4 Å². The van der Waals surface area contributed by atoms with Crippen LogP contribution >= 0.6 is 0 Å². The minimum atomic E-state index is -0.889. The Morgan fingerprint density at radius 1 is 1.38 bits per heavy atom. The number of aromatic nitrogens is 2. The standard InChI is InChI=1S/C18H20FN5O2/c1-11-14(10-21-18(22-11)23(2)3)17(26)24-8-7-20-16(25)15(24)12-5-4-6-13(19)9-12/h4-6,9-10,15H,7-8H2,1-3H3,(H,20,25)/t15-/m1/s1. The van der Waals surface area contributed by atoms with E-state index in [0.717, 1.165) is 0 Å². The molecule has 1 aliphatic heterocycles. The lowest BCUT2D eigenvalue weighted by Gasteiger charge is -2.35. The minimum Gasteiger partial charge on any atom is -0.352 e. The monoisotopic (exact) mass is 357 g/mol. The number of amides is 2. The molecule has 2 aromatic rings. The lowest BCUT2D eigenvalue weighted by atomic mass is 10.0. The molecule has 1 aliphatic rings. The summed E-state index contributed by atoms with van der Waals surface area (Å²) in [7, 11) is 3.62. The Kier molecular flexibility index (Phi) is 4.83. The Balaban J connectivity index is 1.97. The van der Waals surface area contributed by atoms with Crippen LogP contribution in [0.25, 0.3) is 0 Å². The largest absolute Gasteiger partial charge is 0.352 e. The summed E-state index contributed by atoms with van der Waals surface area (Å²) < 4.78 is 13.6. The number of carbonyl (C=O) groups is 2. The van der Waals surface area contributed by atoms with Gasteiger partial charge in [-0.3, -0.25) is 9.59 Å². The zero-order chi connectivity index (χ0) is 18.8. The first kappa shape index (κ1) is 17.8. The van der Waals surface area contributed by atoms with Crippen LogP contribution in [0.5, 0.6) is 0 Å². The smallest absolute Gasteiger partial charge is 0.258 e. The van der Waals surface area contributed by atoms with Gasteiger partial charge in [-0.05, 0) is 24.6 Å². The van der Waals surface area contributed by atoms with Crippen molar-refractivity contribution in [2.24, 2.45) is 0 Å². The first-order chi connectivity index (χ1) is 12.4. The molecule has 1 aromatic carbocycles. The van der Waals surface area contributed by atoms with Gasteiger partial charge in [-0.2, -0.15) is 0 Å². The maximum absolute atomic E-state index is 13.6. The molecular formula is C18H20FN5O2. The molecule has 2 amide bonds. The highest BCUT2D eigenvalue weighted by molar-refractivity contribution is 5.99. The van der Waals surface area contributed by atoms with Crippen molar-refractivity contribution in [3.63, 3.8) is 0 Å². The number of anilines is 1. The molecule has 0 unspecified atom stereocenters. The van der Waals surface area contributed by atoms with Crippen LogP contribution in [0, 0.1) is 12.7 Å². The minimum absolute atomic E-state index is 0.320. The van der Waals surface area contributed by atoms with Crippen LogP contribution in [0.15, 0.2) is 30.5 Å². The van der Waals surface area contributed by atoms with Gasteiger partial charge in [-0.15, -0.1) is 0 Å². The van der Waals surface area contributed by atoms with E-state index in [4.69, 9.17) is 0 Å². The SMILES string of the molecule is Cc1nc(N(C)C)ncc1C(=O)N1CCNC(=O)[C@H]1c1cccc(F)c1. The lowest BCUT2D eigenvalue weighted by molar-refractivity contribution is -0.128. The van der Waals surface area contributed by atoms with Crippen molar-refractivity contribution in [2.45, 2.75) is 13.0 Å². The second-order valence-corrected chi connectivity index (χ2v) is 6.31. The van der Waals surface area contributed by atoms with E-state index in [1.807, 2.05) is 14.1 Å². The van der Waals surface area contributed by atoms with Crippen LogP contribution in [0.2, 0.25) is 0 Å². The van der Waals surface area contributed by atoms with E-state index in [0.29, 0.717) is 35.9 Å². The van der Waals surface area contributed by atoms with Crippen molar-refractivity contribution >= 4 is 17.8 Å². The molecule has 0 bridgehead atoms. The first-order valence-electron chi connectivity index (χ1n) is 8.23. The highest BCUT2D eigenvalue weighted by Crippen LogP contribution is 2.26. The van der Waals surface area contributed by atoms with E-state index < -0.39 is 11.9 Å². The molecule has 1 saturated heterocycles. The summed E-state index contributed by atoms with van der Waals surface area (Å²) in [6.07, 6.45) is 1.47. The third-order valence-corrected chi connectivity index (χ3v) is 4.23. The molecule has 1 N–H and O–H groups in total. The molecule has 26 heavy (non-hydrogen) atoms. The summed E-state index contributed by atoms with van der Waals surface area (Å²) in [5, 5.41) is 2.73. The highest BCUT2D eigenvalue weighted by atomic mass is 19.1. The first-order valence-corrected chi connectivity index (χ1v) is 8.23. The predicted octanol–water partition coefficient (Wildman–Crippen LogP) is 1.30. The lowest BCUT2D eigenvalue weighted by Crippen LogP contribution is -2.52. The summed E-state index contributed by atoms with van der Waals surface area (Å²) in [6, 6.07) is 4.84. The third-order valence-electron chi connectivity index (χ3n) is 4.23. The fourth-order valence-corrected chi connectivity index (χ4v) is 2.93. The van der Waals surface area contributed by atoms with E-state index >= 15 is 0 Å². The van der Waals surface area contributed by atoms with E-state index in [1.165, 1.54) is 29.3 Å². The van der Waals surface area contributed by atoms with Crippen molar-refractivity contribution in [3.8, 4) is 0 Å². The molecule has 0 aliphatic carbocycles. The van der Waals surface area contributed by atoms with Crippen molar-refractivity contribution in [2.75, 3.05) is 32.1 Å². The van der Waals surface area contributed by atoms with Crippen molar-refractivity contribution < 1.29 is 14.0 Å². The highest BCUT2D eigenvalue weighted by Gasteiger charge is 2.35. The molecule has 3 rings (SSSR count). The van der Waals surface area contributed by atoms with Gasteiger partial charge in [0.15, 0.2) is 0 Å². The van der Waals surface area contributed by atoms with Gasteiger partial charge in [0.2, 0.25) is 11.9 Å². The predicted molar refractivity (Wildman–Crippen MR) is 94.3 cm³/mol. The van der Waals surface area contributed by atoms with Crippen LogP contribution in [0.1, 0.15) is 27.7 Å². The van der Waals surface area contributed by atoms with Gasteiger partial charge in [-0.25, -0.2) is 14.4 Å². The van der Waals surface area contributed by atoms with Crippen LogP contribution < -0.4 is 10.2 Å². The second-order valence-electron chi connectivity index (χ2n) is 6.31. The van der Waals surface area contributed by atoms with Crippen molar-refractivity contribution in [3.05, 3.63) is 53.1 Å². The molecule has 7 nitrogen and oxygen atoms in total. The van der Waals surface area contributed by atoms with Gasteiger partial charge in [0.25, 0.3) is 5.91 Å². The molecule has 1 aromatic heterocycles. The average Bonchev–Trinajstić information content (AvgIpc) is 2.60. The Labute approximate surface area is 150 Å². The number of halogens is 1. The number of aryl methyl sites for hydroxylation is 1. The summed E-state index contributed by atoms with van der Waals surface area (Å²) >= 11 is 0. The number of piperazine rings is 1. The molecule has 2 heterocycles. The zero-order valence-corrected chi connectivity index (χ0v) is 14.9. The average molecular weight is 357 g/mol. The number of benzene rings is 1. The molecule has 8 heteroatoms. The van der Waals surface area contributed by atoms with Gasteiger partial charge < -0.3 is 15.1 Å². The maximum atomic E-state index is 13.6. The van der Waals surface area contributed by atoms with E-state index in [1.54, 1.807) is 17.9 Å². The summed E-state index contributed by atoms with van der Waals surface area (Å²) in [5.41, 5.74) is 1.28. The zero-order valence-electron chi connectivity index (χ0n) is 14.9. The molecule has 0 spiro atoms. The summed E-state index contributed by atoms with van der Waals surface area (Å²) in [6.45, 7) is 2.38. The van der Waals surface area contributed by atoms with Crippen LogP contribution in [-0.2, 0) is 4.79 Å². The van der Waals surface area contributed by atoms with E-state index in [-0.39, 0.29) is 11.8 Å². The van der Waals surface area contributed by atoms with Gasteiger partial charge in [-0.1, -0.05) is 12.1 Å². The Morgan fingerprint density at radius 3 is 2.81 bits per heavy atom. The van der Waals surface area contributed by atoms with Crippen LogP contribution in [0.4, 0.5) is 10.3 Å². The maximum Gasteiger partial charge on any atom is 0.258 e. The van der Waals surface area contributed by atoms with E-state index in [2.05, 4.69) is 15.3 Å². The fourth-order valence-electron chi connectivity index (χ4n) is 2.93. The Morgan fingerprint density at radius 2 is 2.15 bits per heavy atom. The molecule has 1 atom stereocenters. The number of carbonyl (C=O) groups excluding carboxylic acids is 2. The van der Waals surface area contributed by atoms with Crippen molar-refractivity contribution in [1.82, 2.24) is 20.2 Å². The molecular weight excluding hydrogens is 337 g/mol. The van der Waals surface area contributed by atoms with Crippen LogP contribution in [0.3, 0.4) is 0 Å². The van der Waals surface area contributed by atoms with Gasteiger partial charge in [0.1, 0.15) is 11.9 Å². The Hall–Kier alpha value is -3.03. The molecule has 0 saturated carbocycles. The number of hydrogen-bond donors (Lipinski definition) is 1. The number of nitrogens with zero attached hydrogens (tertiary/aromatic N) is 4. The normalized spacial score (nSPS) is 17.0. The number of rotatable bonds is 3. The molecule has 136 valence electrons. The van der Waals surface area contributed by atoms with Gasteiger partial charge >= 0.3 is 0 Å². The quantitative estimate of drug-likeness (QED) is 0.896. The summed E-state index contributed by atoms with van der Waals surface area (Å²) in [5.74, 6) is -0.643. The molecule has 1 fully saturated rings. The molecule has 0 radical (unpaired) electrons. The third kappa shape index (κ3) is 3.35. The number of nitrogens with one attached hydrogen (secondary N) is 1. The number of hydrogen-bond acceptors (Lipinski definition) is 5. The van der Waals surface area contributed by atoms with E-state index in [9.17, 15) is 14.0 Å². The Bertz CT molecular complexity index is 855. The second kappa shape index (κ2) is 7.07. The van der Waals surface area contributed by atoms with Crippen molar-refractivity contribution in [1.29, 1.82) is 0 Å². The fraction of sp³-hybridized carbons (Fsp3) is 0.333. The topological polar surface area (TPSA) is 78.4 Å². The summed E-state index contributed by atoms with van der Waals surface area (Å²) in [4.78, 5) is 37.2. The van der Waals surface area contributed by atoms with Crippen LogP contribution in [-0.4, -0.2) is 53.9 Å². The van der Waals surface area contributed by atoms with Gasteiger partial charge in [0.05, 0.1) is 11.3 Å².